The van der Waals surface area contributed by atoms with Gasteiger partial charge in [0.15, 0.2) is 0 Å². The van der Waals surface area contributed by atoms with Crippen LogP contribution in [0.25, 0.3) is 0 Å². The van der Waals surface area contributed by atoms with Crippen LogP contribution in [0.4, 0.5) is 18.9 Å². The molecule has 9 heteroatoms. The topological polar surface area (TPSA) is 73.9 Å². The highest BCUT2D eigenvalue weighted by Gasteiger charge is 2.32. The summed E-state index contributed by atoms with van der Waals surface area (Å²) >= 11 is 0. The van der Waals surface area contributed by atoms with Crippen molar-refractivity contribution in [2.45, 2.75) is 25.1 Å². The van der Waals surface area contributed by atoms with E-state index < -0.39 is 23.7 Å². The van der Waals surface area contributed by atoms with E-state index in [1.807, 2.05) is 0 Å². The molecular weight excluding hydrogens is 343 g/mol. The normalized spacial score (nSPS) is 14.7. The molecule has 0 aliphatic heterocycles. The molecule has 0 spiro atoms. The first-order valence-corrected chi connectivity index (χ1v) is 7.27. The highest BCUT2D eigenvalue weighted by Crippen LogP contribution is 2.36. The number of hydrogen-bond donors (Lipinski definition) is 1. The third kappa shape index (κ3) is 5.40. The van der Waals surface area contributed by atoms with Crippen molar-refractivity contribution < 1.29 is 37.0 Å². The van der Waals surface area contributed by atoms with E-state index in [0.717, 1.165) is 45.3 Å². The number of anilines is 1. The fourth-order valence-corrected chi connectivity index (χ4v) is 1.87. The van der Waals surface area contributed by atoms with Gasteiger partial charge in [-0.2, -0.15) is 13.2 Å². The summed E-state index contributed by atoms with van der Waals surface area (Å²) in [5.74, 6) is -1.79. The number of carbonyl (C=O) groups is 2. The van der Waals surface area contributed by atoms with Crippen LogP contribution in [0.2, 0.25) is 0 Å². The molecule has 0 unspecified atom stereocenters. The van der Waals surface area contributed by atoms with Gasteiger partial charge in [-0.15, -0.1) is 0 Å². The summed E-state index contributed by atoms with van der Waals surface area (Å²) in [5, 5.41) is 2.45. The Morgan fingerprint density at radius 3 is 2.36 bits per heavy atom. The second-order valence-corrected chi connectivity index (χ2v) is 5.26. The summed E-state index contributed by atoms with van der Waals surface area (Å²) in [6.07, 6.45) is -2.38. The first-order valence-electron chi connectivity index (χ1n) is 7.27. The number of benzene rings is 1. The maximum absolute atomic E-state index is 13.1. The lowest BCUT2D eigenvalue weighted by Gasteiger charge is -2.15. The number of esters is 2. The zero-order chi connectivity index (χ0) is 18.6. The third-order valence-electron chi connectivity index (χ3n) is 3.21. The summed E-state index contributed by atoms with van der Waals surface area (Å²) in [6.45, 7) is 0. The highest BCUT2D eigenvalue weighted by atomic mass is 19.4. The molecule has 25 heavy (non-hydrogen) atoms. The lowest BCUT2D eigenvalue weighted by atomic mass is 10.1. The van der Waals surface area contributed by atoms with Crippen LogP contribution in [-0.4, -0.2) is 32.3 Å². The molecule has 1 aliphatic rings. The van der Waals surface area contributed by atoms with E-state index in [1.165, 1.54) is 6.07 Å². The number of hydrogen-bond acceptors (Lipinski definition) is 6. The Morgan fingerprint density at radius 2 is 1.84 bits per heavy atom. The van der Waals surface area contributed by atoms with Crippen molar-refractivity contribution in [2.75, 3.05) is 19.5 Å². The van der Waals surface area contributed by atoms with E-state index >= 15 is 0 Å². The zero-order valence-corrected chi connectivity index (χ0v) is 13.5. The second kappa shape index (κ2) is 7.45. The van der Waals surface area contributed by atoms with Gasteiger partial charge in [0, 0.05) is 11.8 Å². The van der Waals surface area contributed by atoms with Crippen LogP contribution in [0.15, 0.2) is 30.0 Å². The van der Waals surface area contributed by atoms with E-state index in [4.69, 9.17) is 4.74 Å². The number of nitrogens with one attached hydrogen (secondary N) is 1. The number of halogens is 3. The number of ether oxygens (including phenoxy) is 3. The Hall–Kier alpha value is -2.71. The van der Waals surface area contributed by atoms with Gasteiger partial charge in [0.25, 0.3) is 0 Å². The van der Waals surface area contributed by atoms with Crippen molar-refractivity contribution in [2.24, 2.45) is 0 Å². The molecule has 0 saturated heterocycles. The molecule has 1 aromatic carbocycles. The molecule has 1 saturated carbocycles. The maximum Gasteiger partial charge on any atom is 0.416 e. The van der Waals surface area contributed by atoms with Gasteiger partial charge in [0.2, 0.25) is 0 Å². The average molecular weight is 359 g/mol. The molecule has 1 fully saturated rings. The minimum atomic E-state index is -4.60. The standard InChI is InChI=1S/C16H16F3NO5/c1-23-14(21)8-13(15(22)24-2)20-10-5-9(16(17,18)19)6-12(7-10)25-11-3-4-11/h5-8,11,20H,3-4H2,1-2H3/b13-8+. The second-order valence-electron chi connectivity index (χ2n) is 5.26. The van der Waals surface area contributed by atoms with Gasteiger partial charge in [-0.25, -0.2) is 9.59 Å². The summed E-state index contributed by atoms with van der Waals surface area (Å²) in [6, 6.07) is 2.99. The molecule has 0 atom stereocenters. The van der Waals surface area contributed by atoms with Crippen molar-refractivity contribution in [1.29, 1.82) is 0 Å². The number of rotatable bonds is 6. The molecular formula is C16H16F3NO5. The van der Waals surface area contributed by atoms with E-state index in [2.05, 4.69) is 14.8 Å². The number of alkyl halides is 3. The molecule has 0 amide bonds. The van der Waals surface area contributed by atoms with Crippen LogP contribution in [0.1, 0.15) is 18.4 Å². The van der Waals surface area contributed by atoms with Crippen molar-refractivity contribution in [3.63, 3.8) is 0 Å². The van der Waals surface area contributed by atoms with Crippen LogP contribution in [-0.2, 0) is 25.2 Å². The third-order valence-corrected chi connectivity index (χ3v) is 3.21. The Balaban J connectivity index is 2.35. The van der Waals surface area contributed by atoms with Crippen molar-refractivity contribution >= 4 is 17.6 Å². The first-order chi connectivity index (χ1) is 11.7. The molecule has 1 aliphatic carbocycles. The molecule has 0 radical (unpaired) electrons. The van der Waals surface area contributed by atoms with Gasteiger partial charge in [0.1, 0.15) is 11.4 Å². The molecule has 136 valence electrons. The smallest absolute Gasteiger partial charge is 0.416 e. The lowest BCUT2D eigenvalue weighted by molar-refractivity contribution is -0.138. The van der Waals surface area contributed by atoms with E-state index in [9.17, 15) is 22.8 Å². The van der Waals surface area contributed by atoms with Crippen LogP contribution < -0.4 is 10.1 Å². The first kappa shape index (κ1) is 18.6. The quantitative estimate of drug-likeness (QED) is 0.622. The Kier molecular flexibility index (Phi) is 5.55. The SMILES string of the molecule is COC(=O)/C=C(/Nc1cc(OC2CC2)cc(C(F)(F)F)c1)C(=O)OC. The van der Waals surface area contributed by atoms with Gasteiger partial charge in [0.05, 0.1) is 32.0 Å². The Labute approximate surface area is 141 Å². The minimum Gasteiger partial charge on any atom is -0.490 e. The van der Waals surface area contributed by atoms with Crippen molar-refractivity contribution in [3.05, 3.63) is 35.5 Å². The molecule has 0 bridgehead atoms. The van der Waals surface area contributed by atoms with Crippen LogP contribution >= 0.6 is 0 Å². The summed E-state index contributed by atoms with van der Waals surface area (Å²) in [5.41, 5.74) is -1.40. The van der Waals surface area contributed by atoms with Gasteiger partial charge < -0.3 is 19.5 Å². The van der Waals surface area contributed by atoms with Crippen LogP contribution in [0.3, 0.4) is 0 Å². The average Bonchev–Trinajstić information content (AvgIpc) is 3.36. The Bertz CT molecular complexity index is 696. The van der Waals surface area contributed by atoms with E-state index in [1.54, 1.807) is 0 Å². The highest BCUT2D eigenvalue weighted by molar-refractivity contribution is 5.98. The number of carbonyl (C=O) groups excluding carboxylic acids is 2. The fourth-order valence-electron chi connectivity index (χ4n) is 1.87. The Morgan fingerprint density at radius 1 is 1.16 bits per heavy atom. The van der Waals surface area contributed by atoms with Crippen molar-refractivity contribution in [3.8, 4) is 5.75 Å². The summed E-state index contributed by atoms with van der Waals surface area (Å²) in [4.78, 5) is 23.0. The summed E-state index contributed by atoms with van der Waals surface area (Å²) < 4.78 is 53.5. The molecule has 6 nitrogen and oxygen atoms in total. The maximum atomic E-state index is 13.1. The van der Waals surface area contributed by atoms with Gasteiger partial charge in [-0.1, -0.05) is 0 Å². The van der Waals surface area contributed by atoms with E-state index in [0.29, 0.717) is 0 Å². The fraction of sp³-hybridized carbons (Fsp3) is 0.375. The predicted octanol–water partition coefficient (Wildman–Crippen LogP) is 2.89. The predicted molar refractivity (Wildman–Crippen MR) is 80.8 cm³/mol. The van der Waals surface area contributed by atoms with Crippen molar-refractivity contribution in [1.82, 2.24) is 0 Å². The summed E-state index contributed by atoms with van der Waals surface area (Å²) in [7, 11) is 2.17. The number of methoxy groups -OCH3 is 2. The van der Waals surface area contributed by atoms with E-state index in [-0.39, 0.29) is 23.2 Å². The monoisotopic (exact) mass is 359 g/mol. The molecule has 0 heterocycles. The molecule has 2 rings (SSSR count). The van der Waals surface area contributed by atoms with Gasteiger partial charge >= 0.3 is 18.1 Å². The van der Waals surface area contributed by atoms with Crippen LogP contribution in [0, 0.1) is 0 Å². The zero-order valence-electron chi connectivity index (χ0n) is 13.5. The van der Waals surface area contributed by atoms with Gasteiger partial charge in [-0.05, 0) is 25.0 Å². The molecule has 1 N–H and O–H groups in total. The minimum absolute atomic E-state index is 0.0158. The van der Waals surface area contributed by atoms with Crippen LogP contribution in [0.5, 0.6) is 5.75 Å². The molecule has 1 aromatic rings. The lowest BCUT2D eigenvalue weighted by Crippen LogP contribution is -2.16. The molecule has 0 aromatic heterocycles. The van der Waals surface area contributed by atoms with Gasteiger partial charge in [-0.3, -0.25) is 0 Å². The largest absolute Gasteiger partial charge is 0.490 e.